The van der Waals surface area contributed by atoms with E-state index in [1.165, 1.54) is 36.0 Å². The molecule has 0 spiro atoms. The van der Waals surface area contributed by atoms with Gasteiger partial charge < -0.3 is 20.5 Å². The number of hydrogen-bond donors (Lipinski definition) is 3. The number of halogens is 1. The number of hydrogen-bond acceptors (Lipinski definition) is 6. The first-order valence-electron chi connectivity index (χ1n) is 13.7. The molecule has 202 valence electrons. The van der Waals surface area contributed by atoms with Crippen LogP contribution in [0.4, 0.5) is 11.8 Å². The van der Waals surface area contributed by atoms with Crippen LogP contribution in [0.3, 0.4) is 0 Å². The van der Waals surface area contributed by atoms with E-state index in [4.69, 9.17) is 9.97 Å². The zero-order valence-electron chi connectivity index (χ0n) is 22.7. The van der Waals surface area contributed by atoms with Crippen LogP contribution in [-0.2, 0) is 6.54 Å². The first-order chi connectivity index (χ1) is 18.1. The minimum absolute atomic E-state index is 0. The number of imidazole rings is 1. The van der Waals surface area contributed by atoms with Crippen molar-refractivity contribution in [2.75, 3.05) is 17.2 Å². The number of benzene rings is 2. The highest BCUT2D eigenvalue weighted by molar-refractivity contribution is 5.85. The lowest BCUT2D eigenvalue weighted by Crippen LogP contribution is -2.37. The second-order valence-electron chi connectivity index (χ2n) is 10.4. The molecule has 1 aliphatic rings. The third-order valence-electron chi connectivity index (χ3n) is 7.24. The third kappa shape index (κ3) is 6.63. The monoisotopic (exact) mass is 533 g/mol. The van der Waals surface area contributed by atoms with Crippen LogP contribution in [0.15, 0.2) is 60.9 Å². The lowest BCUT2D eigenvalue weighted by atomic mass is 9.91. The Morgan fingerprint density at radius 2 is 1.58 bits per heavy atom. The predicted octanol–water partition coefficient (Wildman–Crippen LogP) is 6.83. The maximum atomic E-state index is 4.90. The van der Waals surface area contributed by atoms with Crippen LogP contribution in [-0.4, -0.2) is 38.1 Å². The lowest BCUT2D eigenvalue weighted by molar-refractivity contribution is 0.354. The van der Waals surface area contributed by atoms with Crippen molar-refractivity contribution in [3.8, 4) is 11.1 Å². The van der Waals surface area contributed by atoms with Gasteiger partial charge in [-0.05, 0) is 69.2 Å². The summed E-state index contributed by atoms with van der Waals surface area (Å²) in [4.78, 5) is 14.5. The molecule has 0 aliphatic heterocycles. The van der Waals surface area contributed by atoms with Crippen molar-refractivity contribution in [3.63, 3.8) is 0 Å². The number of nitrogens with zero attached hydrogens (tertiary/aromatic N) is 4. The first-order valence-corrected chi connectivity index (χ1v) is 13.7. The van der Waals surface area contributed by atoms with E-state index in [1.807, 2.05) is 12.4 Å². The first kappa shape index (κ1) is 27.9. The Labute approximate surface area is 232 Å². The molecule has 1 saturated carbocycles. The highest BCUT2D eigenvalue weighted by Gasteiger charge is 2.22. The summed E-state index contributed by atoms with van der Waals surface area (Å²) in [6.07, 6.45) is 7.69. The van der Waals surface area contributed by atoms with E-state index in [0.717, 1.165) is 36.4 Å². The van der Waals surface area contributed by atoms with Gasteiger partial charge in [0.2, 0.25) is 5.95 Å². The molecule has 0 unspecified atom stereocenters. The van der Waals surface area contributed by atoms with E-state index in [0.29, 0.717) is 24.6 Å². The van der Waals surface area contributed by atoms with Crippen LogP contribution in [0.2, 0.25) is 0 Å². The van der Waals surface area contributed by atoms with Gasteiger partial charge in [-0.3, -0.25) is 0 Å². The van der Waals surface area contributed by atoms with Crippen molar-refractivity contribution < 1.29 is 0 Å². The van der Waals surface area contributed by atoms with Gasteiger partial charge in [0.1, 0.15) is 0 Å². The average Bonchev–Trinajstić information content (AvgIpc) is 3.37. The molecule has 1 fully saturated rings. The molecular formula is C30H40ClN7. The molecule has 7 nitrogen and oxygen atoms in total. The van der Waals surface area contributed by atoms with Gasteiger partial charge in [0.05, 0.1) is 6.33 Å². The van der Waals surface area contributed by atoms with Crippen LogP contribution in [0.5, 0.6) is 0 Å². The molecule has 4 aromatic rings. The average molecular weight is 534 g/mol. The Morgan fingerprint density at radius 1 is 0.895 bits per heavy atom. The number of aromatic nitrogens is 4. The molecule has 38 heavy (non-hydrogen) atoms. The van der Waals surface area contributed by atoms with Crippen molar-refractivity contribution in [2.24, 2.45) is 0 Å². The van der Waals surface area contributed by atoms with Crippen molar-refractivity contribution in [1.82, 2.24) is 24.8 Å². The van der Waals surface area contributed by atoms with Crippen LogP contribution in [0.25, 0.3) is 22.3 Å². The molecule has 5 rings (SSSR count). The van der Waals surface area contributed by atoms with Crippen molar-refractivity contribution in [2.45, 2.75) is 77.5 Å². The van der Waals surface area contributed by atoms with Gasteiger partial charge in [-0.1, -0.05) is 61.5 Å². The SMILES string of the molecule is CCCNC1CCC(Nc2nc(NCc3ccc(-c4ccccc4)cc3)c3ncn(C(C)C)c3n2)CC1.Cl. The van der Waals surface area contributed by atoms with Gasteiger partial charge >= 0.3 is 0 Å². The molecule has 0 saturated heterocycles. The number of rotatable bonds is 10. The van der Waals surface area contributed by atoms with Crippen LogP contribution < -0.4 is 16.0 Å². The largest absolute Gasteiger partial charge is 0.364 e. The molecule has 1 aliphatic carbocycles. The van der Waals surface area contributed by atoms with Crippen LogP contribution in [0.1, 0.15) is 64.5 Å². The summed E-state index contributed by atoms with van der Waals surface area (Å²) < 4.78 is 2.12. The normalized spacial score (nSPS) is 17.4. The maximum Gasteiger partial charge on any atom is 0.227 e. The Morgan fingerprint density at radius 3 is 2.26 bits per heavy atom. The fraction of sp³-hybridized carbons (Fsp3) is 0.433. The number of anilines is 2. The van der Waals surface area contributed by atoms with Crippen molar-refractivity contribution in [1.29, 1.82) is 0 Å². The Bertz CT molecular complexity index is 1280. The minimum Gasteiger partial charge on any atom is -0.364 e. The molecule has 0 bridgehead atoms. The molecule has 2 aromatic heterocycles. The van der Waals surface area contributed by atoms with Gasteiger partial charge in [-0.15, -0.1) is 12.4 Å². The summed E-state index contributed by atoms with van der Waals surface area (Å²) in [6.45, 7) is 8.31. The summed E-state index contributed by atoms with van der Waals surface area (Å²) in [5, 5.41) is 10.9. The van der Waals surface area contributed by atoms with Gasteiger partial charge in [0, 0.05) is 24.7 Å². The highest BCUT2D eigenvalue weighted by atomic mass is 35.5. The Kier molecular flexibility index (Phi) is 9.58. The molecule has 0 atom stereocenters. The molecule has 3 N–H and O–H groups in total. The Hall–Kier alpha value is -3.16. The van der Waals surface area contributed by atoms with Gasteiger partial charge in [-0.2, -0.15) is 9.97 Å². The molecule has 2 heterocycles. The molecule has 0 radical (unpaired) electrons. The van der Waals surface area contributed by atoms with E-state index in [2.05, 4.69) is 94.8 Å². The van der Waals surface area contributed by atoms with E-state index in [9.17, 15) is 0 Å². The van der Waals surface area contributed by atoms with Crippen molar-refractivity contribution >= 4 is 35.3 Å². The Balaban J connectivity index is 0.00000336. The van der Waals surface area contributed by atoms with Crippen molar-refractivity contribution in [3.05, 3.63) is 66.5 Å². The third-order valence-corrected chi connectivity index (χ3v) is 7.24. The van der Waals surface area contributed by atoms with E-state index in [-0.39, 0.29) is 18.4 Å². The quantitative estimate of drug-likeness (QED) is 0.207. The fourth-order valence-electron chi connectivity index (χ4n) is 5.09. The zero-order chi connectivity index (χ0) is 25.6. The zero-order valence-corrected chi connectivity index (χ0v) is 23.5. The van der Waals surface area contributed by atoms with E-state index < -0.39 is 0 Å². The van der Waals surface area contributed by atoms with E-state index >= 15 is 0 Å². The summed E-state index contributed by atoms with van der Waals surface area (Å²) in [5.74, 6) is 1.46. The smallest absolute Gasteiger partial charge is 0.227 e. The topological polar surface area (TPSA) is 79.7 Å². The second-order valence-corrected chi connectivity index (χ2v) is 10.4. The predicted molar refractivity (Wildman–Crippen MR) is 160 cm³/mol. The van der Waals surface area contributed by atoms with Gasteiger partial charge in [-0.25, -0.2) is 4.98 Å². The maximum absolute atomic E-state index is 4.90. The number of nitrogens with one attached hydrogen (secondary N) is 3. The number of fused-ring (bicyclic) bond motifs is 1. The summed E-state index contributed by atoms with van der Waals surface area (Å²) in [6, 6.07) is 20.5. The standard InChI is InChI=1S/C30H39N7.ClH/c1-4-18-31-25-14-16-26(17-15-25)34-30-35-28(27-29(36-30)37(20-33-27)21(2)3)32-19-22-10-12-24(13-11-22)23-8-6-5-7-9-23;/h5-13,20-21,25-26,31H,4,14-19H2,1-3H3,(H2,32,34,35,36);1H. The molecule has 8 heteroatoms. The minimum atomic E-state index is 0. The van der Waals surface area contributed by atoms with Gasteiger partial charge in [0.15, 0.2) is 17.0 Å². The fourth-order valence-corrected chi connectivity index (χ4v) is 5.09. The molecule has 0 amide bonds. The van der Waals surface area contributed by atoms with Crippen LogP contribution in [0, 0.1) is 0 Å². The van der Waals surface area contributed by atoms with Gasteiger partial charge in [0.25, 0.3) is 0 Å². The lowest BCUT2D eigenvalue weighted by Gasteiger charge is -2.29. The molecular weight excluding hydrogens is 494 g/mol. The molecule has 2 aromatic carbocycles. The summed E-state index contributed by atoms with van der Waals surface area (Å²) in [7, 11) is 0. The van der Waals surface area contributed by atoms with E-state index in [1.54, 1.807) is 0 Å². The summed E-state index contributed by atoms with van der Waals surface area (Å²) >= 11 is 0. The highest BCUT2D eigenvalue weighted by Crippen LogP contribution is 2.27. The second kappa shape index (κ2) is 13.1. The van der Waals surface area contributed by atoms with Crippen LogP contribution >= 0.6 is 12.4 Å². The summed E-state index contributed by atoms with van der Waals surface area (Å²) in [5.41, 5.74) is 5.32.